The Morgan fingerprint density at radius 2 is 2.00 bits per heavy atom. The van der Waals surface area contributed by atoms with Crippen molar-refractivity contribution < 1.29 is 13.9 Å². The highest BCUT2D eigenvalue weighted by Crippen LogP contribution is 2.23. The van der Waals surface area contributed by atoms with E-state index in [1.807, 2.05) is 0 Å². The summed E-state index contributed by atoms with van der Waals surface area (Å²) >= 11 is 0. The molecule has 0 aliphatic heterocycles. The Kier molecular flexibility index (Phi) is 3.63. The number of benzene rings is 1. The van der Waals surface area contributed by atoms with E-state index in [0.717, 1.165) is 0 Å². The van der Waals surface area contributed by atoms with Crippen LogP contribution in [0.1, 0.15) is 17.4 Å². The van der Waals surface area contributed by atoms with Crippen molar-refractivity contribution in [2.45, 2.75) is 6.29 Å². The summed E-state index contributed by atoms with van der Waals surface area (Å²) in [5.74, 6) is 1.96. The molecule has 1 rings (SSSR count). The number of hydrogen-bond acceptors (Lipinski definition) is 2. The quantitative estimate of drug-likeness (QED) is 0.542. The van der Waals surface area contributed by atoms with Gasteiger partial charge in [-0.2, -0.15) is 0 Å². The maximum Gasteiger partial charge on any atom is 0.187 e. The van der Waals surface area contributed by atoms with E-state index in [1.165, 1.54) is 20.3 Å². The van der Waals surface area contributed by atoms with Crippen LogP contribution in [0.2, 0.25) is 0 Å². The third-order valence-corrected chi connectivity index (χ3v) is 1.87. The molecule has 0 bridgehead atoms. The van der Waals surface area contributed by atoms with Gasteiger partial charge in [-0.05, 0) is 12.1 Å². The van der Waals surface area contributed by atoms with Gasteiger partial charge in [-0.1, -0.05) is 12.0 Å². The molecule has 0 saturated carbocycles. The minimum Gasteiger partial charge on any atom is -0.352 e. The fourth-order valence-electron chi connectivity index (χ4n) is 1.23. The van der Waals surface area contributed by atoms with Crippen LogP contribution in [0.4, 0.5) is 4.39 Å². The van der Waals surface area contributed by atoms with E-state index in [2.05, 4.69) is 5.92 Å². The van der Waals surface area contributed by atoms with Gasteiger partial charge in [0.2, 0.25) is 0 Å². The molecule has 0 fully saturated rings. The fourth-order valence-corrected chi connectivity index (χ4v) is 1.23. The number of terminal acetylenes is 1. The average molecular weight is 194 g/mol. The number of ether oxygens (including phenoxy) is 2. The topological polar surface area (TPSA) is 18.5 Å². The van der Waals surface area contributed by atoms with Crippen molar-refractivity contribution in [3.05, 3.63) is 35.1 Å². The molecule has 0 radical (unpaired) electrons. The maximum atomic E-state index is 13.4. The van der Waals surface area contributed by atoms with E-state index in [4.69, 9.17) is 15.9 Å². The largest absolute Gasteiger partial charge is 0.352 e. The van der Waals surface area contributed by atoms with Crippen LogP contribution in [0.15, 0.2) is 18.2 Å². The standard InChI is InChI=1S/C11H11FO2/c1-4-8-6-5-7-9(12)10(8)11(13-2)14-3/h1,5-7,11H,2-3H3. The lowest BCUT2D eigenvalue weighted by Gasteiger charge is -2.15. The van der Waals surface area contributed by atoms with Gasteiger partial charge < -0.3 is 9.47 Å². The summed E-state index contributed by atoms with van der Waals surface area (Å²) in [6.45, 7) is 0. The first-order valence-electron chi connectivity index (χ1n) is 4.05. The fraction of sp³-hybridized carbons (Fsp3) is 0.273. The highest BCUT2D eigenvalue weighted by Gasteiger charge is 2.17. The molecule has 0 amide bonds. The van der Waals surface area contributed by atoms with Gasteiger partial charge in [0.05, 0.1) is 5.56 Å². The Labute approximate surface area is 82.6 Å². The van der Waals surface area contributed by atoms with Crippen molar-refractivity contribution in [1.82, 2.24) is 0 Å². The predicted molar refractivity (Wildman–Crippen MR) is 51.1 cm³/mol. The first kappa shape index (κ1) is 10.7. The monoisotopic (exact) mass is 194 g/mol. The van der Waals surface area contributed by atoms with Crippen LogP contribution < -0.4 is 0 Å². The SMILES string of the molecule is C#Cc1cccc(F)c1C(OC)OC. The second kappa shape index (κ2) is 4.75. The number of rotatable bonds is 3. The van der Waals surface area contributed by atoms with Crippen molar-refractivity contribution >= 4 is 0 Å². The van der Waals surface area contributed by atoms with Crippen molar-refractivity contribution in [3.8, 4) is 12.3 Å². The molecule has 0 unspecified atom stereocenters. The lowest BCUT2D eigenvalue weighted by molar-refractivity contribution is -0.108. The highest BCUT2D eigenvalue weighted by molar-refractivity contribution is 5.41. The van der Waals surface area contributed by atoms with Crippen LogP contribution >= 0.6 is 0 Å². The molecule has 0 heterocycles. The van der Waals surface area contributed by atoms with Gasteiger partial charge in [0.25, 0.3) is 0 Å². The van der Waals surface area contributed by atoms with E-state index >= 15 is 0 Å². The Bertz CT molecular complexity index is 351. The minimum atomic E-state index is -0.762. The minimum absolute atomic E-state index is 0.264. The molecular formula is C11H11FO2. The third-order valence-electron chi connectivity index (χ3n) is 1.87. The zero-order chi connectivity index (χ0) is 10.6. The van der Waals surface area contributed by atoms with Crippen molar-refractivity contribution in [2.24, 2.45) is 0 Å². The normalized spacial score (nSPS) is 10.2. The Balaban J connectivity index is 3.23. The van der Waals surface area contributed by atoms with E-state index in [0.29, 0.717) is 5.56 Å². The zero-order valence-corrected chi connectivity index (χ0v) is 8.08. The van der Waals surface area contributed by atoms with Crippen molar-refractivity contribution in [1.29, 1.82) is 0 Å². The molecule has 0 saturated heterocycles. The van der Waals surface area contributed by atoms with Crippen LogP contribution in [-0.4, -0.2) is 14.2 Å². The van der Waals surface area contributed by atoms with Crippen LogP contribution in [0.5, 0.6) is 0 Å². The molecule has 1 aromatic rings. The summed E-state index contributed by atoms with van der Waals surface area (Å²) in [4.78, 5) is 0. The molecule has 0 spiro atoms. The van der Waals surface area contributed by atoms with Crippen molar-refractivity contribution in [3.63, 3.8) is 0 Å². The predicted octanol–water partition coefficient (Wildman–Crippen LogP) is 2.10. The first-order chi connectivity index (χ1) is 6.74. The molecule has 1 aromatic carbocycles. The summed E-state index contributed by atoms with van der Waals surface area (Å²) in [7, 11) is 2.86. The Morgan fingerprint density at radius 3 is 2.50 bits per heavy atom. The van der Waals surface area contributed by atoms with Gasteiger partial charge in [0, 0.05) is 19.8 Å². The van der Waals surface area contributed by atoms with Gasteiger partial charge in [-0.15, -0.1) is 6.42 Å². The van der Waals surface area contributed by atoms with Crippen LogP contribution in [0.3, 0.4) is 0 Å². The van der Waals surface area contributed by atoms with Crippen LogP contribution in [0.25, 0.3) is 0 Å². The average Bonchev–Trinajstić information content (AvgIpc) is 2.22. The van der Waals surface area contributed by atoms with E-state index in [1.54, 1.807) is 12.1 Å². The molecule has 0 aliphatic carbocycles. The lowest BCUT2D eigenvalue weighted by atomic mass is 10.1. The Morgan fingerprint density at radius 1 is 1.36 bits per heavy atom. The van der Waals surface area contributed by atoms with E-state index in [-0.39, 0.29) is 5.56 Å². The van der Waals surface area contributed by atoms with Gasteiger partial charge in [-0.3, -0.25) is 0 Å². The number of hydrogen-bond donors (Lipinski definition) is 0. The molecule has 74 valence electrons. The van der Waals surface area contributed by atoms with Gasteiger partial charge in [-0.25, -0.2) is 4.39 Å². The second-order valence-corrected chi connectivity index (χ2v) is 2.65. The summed E-state index contributed by atoms with van der Waals surface area (Å²) in [5, 5.41) is 0. The summed E-state index contributed by atoms with van der Waals surface area (Å²) in [6.07, 6.45) is 4.48. The van der Waals surface area contributed by atoms with Gasteiger partial charge in [0.15, 0.2) is 6.29 Å². The molecule has 2 nitrogen and oxygen atoms in total. The van der Waals surface area contributed by atoms with Crippen LogP contribution in [-0.2, 0) is 9.47 Å². The van der Waals surface area contributed by atoms with Gasteiger partial charge >= 0.3 is 0 Å². The summed E-state index contributed by atoms with van der Waals surface area (Å²) in [5.41, 5.74) is 0.707. The maximum absolute atomic E-state index is 13.4. The number of halogens is 1. The first-order valence-corrected chi connectivity index (χ1v) is 4.05. The van der Waals surface area contributed by atoms with E-state index < -0.39 is 12.1 Å². The molecular weight excluding hydrogens is 183 g/mol. The molecule has 14 heavy (non-hydrogen) atoms. The third kappa shape index (κ3) is 1.92. The highest BCUT2D eigenvalue weighted by atomic mass is 19.1. The second-order valence-electron chi connectivity index (χ2n) is 2.65. The summed E-state index contributed by atoms with van der Waals surface area (Å²) < 4.78 is 23.3. The molecule has 3 heteroatoms. The summed E-state index contributed by atoms with van der Waals surface area (Å²) in [6, 6.07) is 4.51. The molecule has 0 N–H and O–H groups in total. The molecule has 0 aliphatic rings. The lowest BCUT2D eigenvalue weighted by Crippen LogP contribution is -2.08. The van der Waals surface area contributed by atoms with Gasteiger partial charge in [0.1, 0.15) is 5.82 Å². The number of methoxy groups -OCH3 is 2. The molecule has 0 aromatic heterocycles. The Hall–Kier alpha value is -1.37. The molecule has 0 atom stereocenters. The van der Waals surface area contributed by atoms with E-state index in [9.17, 15) is 4.39 Å². The zero-order valence-electron chi connectivity index (χ0n) is 8.08. The van der Waals surface area contributed by atoms with Crippen LogP contribution in [0, 0.1) is 18.2 Å². The smallest absolute Gasteiger partial charge is 0.187 e. The van der Waals surface area contributed by atoms with Crippen molar-refractivity contribution in [2.75, 3.05) is 14.2 Å².